The van der Waals surface area contributed by atoms with E-state index in [2.05, 4.69) is 41.6 Å². The number of carbonyl (C=O) groups excluding carboxylic acids is 1. The molecule has 1 aromatic rings. The Bertz CT molecular complexity index is 506. The number of hydrogen-bond donors (Lipinski definition) is 1. The van der Waals surface area contributed by atoms with Gasteiger partial charge in [0.15, 0.2) is 0 Å². The van der Waals surface area contributed by atoms with Gasteiger partial charge in [-0.25, -0.2) is 4.79 Å². The molecule has 0 bridgehead atoms. The van der Waals surface area contributed by atoms with Crippen molar-refractivity contribution in [3.8, 4) is 0 Å². The number of hydrogen-bond acceptors (Lipinski definition) is 4. The monoisotopic (exact) mass is 337 g/mol. The number of nitrogens with zero attached hydrogens (tertiary/aromatic N) is 2. The molecule has 0 saturated carbocycles. The fraction of sp³-hybridized carbons (Fsp3) is 0.588. The molecule has 1 heterocycles. The molecule has 1 atom stereocenters. The van der Waals surface area contributed by atoms with Gasteiger partial charge in [0.05, 0.1) is 13.2 Å². The zero-order chi connectivity index (χ0) is 16.7. The third-order valence-corrected chi connectivity index (χ3v) is 4.84. The smallest absolute Gasteiger partial charge is 0.317 e. The number of amides is 2. The maximum Gasteiger partial charge on any atom is 0.317 e. The first-order valence-corrected chi connectivity index (χ1v) is 9.26. The van der Waals surface area contributed by atoms with Crippen molar-refractivity contribution in [3.05, 3.63) is 29.8 Å². The predicted molar refractivity (Wildman–Crippen MR) is 94.9 cm³/mol. The molecule has 6 heteroatoms. The Morgan fingerprint density at radius 3 is 2.87 bits per heavy atom. The largest absolute Gasteiger partial charge is 0.379 e. The molecule has 23 heavy (non-hydrogen) atoms. The van der Waals surface area contributed by atoms with Crippen LogP contribution in [0.2, 0.25) is 0 Å². The topological polar surface area (TPSA) is 44.8 Å². The van der Waals surface area contributed by atoms with Gasteiger partial charge in [-0.3, -0.25) is 4.90 Å². The van der Waals surface area contributed by atoms with Crippen molar-refractivity contribution in [2.75, 3.05) is 46.2 Å². The first kappa shape index (κ1) is 18.1. The molecule has 128 valence electrons. The highest BCUT2D eigenvalue weighted by atomic mass is 32.2. The van der Waals surface area contributed by atoms with Gasteiger partial charge in [0.25, 0.3) is 0 Å². The first-order valence-electron chi connectivity index (χ1n) is 8.04. The number of benzene rings is 1. The molecule has 1 aliphatic heterocycles. The van der Waals surface area contributed by atoms with E-state index in [0.29, 0.717) is 19.1 Å². The highest BCUT2D eigenvalue weighted by molar-refractivity contribution is 7.98. The van der Waals surface area contributed by atoms with Crippen molar-refractivity contribution in [1.82, 2.24) is 15.1 Å². The maximum atomic E-state index is 12.3. The zero-order valence-electron chi connectivity index (χ0n) is 14.2. The zero-order valence-corrected chi connectivity index (χ0v) is 15.1. The minimum atomic E-state index is -0.0281. The number of morpholine rings is 1. The fourth-order valence-electron chi connectivity index (χ4n) is 2.63. The Morgan fingerprint density at radius 1 is 1.43 bits per heavy atom. The van der Waals surface area contributed by atoms with Gasteiger partial charge >= 0.3 is 6.03 Å². The van der Waals surface area contributed by atoms with Crippen LogP contribution >= 0.6 is 11.8 Å². The molecule has 0 spiro atoms. The van der Waals surface area contributed by atoms with Crippen LogP contribution < -0.4 is 5.32 Å². The molecule has 2 rings (SSSR count). The standard InChI is InChI=1S/C17H27N3O2S/c1-14(20-7-9-22-10-8-20)12-18-17(21)19(2)13-15-5-4-6-16(11-15)23-3/h4-6,11,14H,7-10,12-13H2,1-3H3,(H,18,21)/t14-/m1/s1. The van der Waals surface area contributed by atoms with Crippen molar-refractivity contribution in [1.29, 1.82) is 0 Å². The summed E-state index contributed by atoms with van der Waals surface area (Å²) >= 11 is 1.71. The third-order valence-electron chi connectivity index (χ3n) is 4.12. The van der Waals surface area contributed by atoms with Gasteiger partial charge < -0.3 is 15.0 Å². The Kier molecular flexibility index (Phi) is 7.20. The highest BCUT2D eigenvalue weighted by Gasteiger charge is 2.18. The normalized spacial score (nSPS) is 16.8. The molecular formula is C17H27N3O2S. The van der Waals surface area contributed by atoms with Gasteiger partial charge in [-0.15, -0.1) is 11.8 Å². The molecule has 1 fully saturated rings. The van der Waals surface area contributed by atoms with Crippen LogP contribution in [-0.4, -0.2) is 68.0 Å². The average molecular weight is 337 g/mol. The van der Waals surface area contributed by atoms with Crippen LogP contribution in [0.25, 0.3) is 0 Å². The van der Waals surface area contributed by atoms with E-state index < -0.39 is 0 Å². The second-order valence-corrected chi connectivity index (χ2v) is 6.77. The Labute approximate surface area is 143 Å². The van der Waals surface area contributed by atoms with E-state index >= 15 is 0 Å². The van der Waals surface area contributed by atoms with Gasteiger partial charge in [-0.1, -0.05) is 12.1 Å². The first-order chi connectivity index (χ1) is 11.1. The Morgan fingerprint density at radius 2 is 2.17 bits per heavy atom. The van der Waals surface area contributed by atoms with Crippen molar-refractivity contribution < 1.29 is 9.53 Å². The summed E-state index contributed by atoms with van der Waals surface area (Å²) in [6.07, 6.45) is 2.06. The van der Waals surface area contributed by atoms with Crippen LogP contribution in [0.3, 0.4) is 0 Å². The summed E-state index contributed by atoms with van der Waals surface area (Å²) in [6.45, 7) is 6.87. The number of urea groups is 1. The minimum Gasteiger partial charge on any atom is -0.379 e. The number of rotatable bonds is 6. The van der Waals surface area contributed by atoms with Crippen LogP contribution in [0.15, 0.2) is 29.2 Å². The van der Waals surface area contributed by atoms with Crippen LogP contribution in [-0.2, 0) is 11.3 Å². The average Bonchev–Trinajstić information content (AvgIpc) is 2.60. The molecule has 0 aliphatic carbocycles. The lowest BCUT2D eigenvalue weighted by atomic mass is 10.2. The molecule has 1 aromatic carbocycles. The third kappa shape index (κ3) is 5.71. The summed E-state index contributed by atoms with van der Waals surface area (Å²) in [5.41, 5.74) is 1.15. The summed E-state index contributed by atoms with van der Waals surface area (Å²) in [5.74, 6) is 0. The highest BCUT2D eigenvalue weighted by Crippen LogP contribution is 2.16. The lowest BCUT2D eigenvalue weighted by Crippen LogP contribution is -2.49. The lowest BCUT2D eigenvalue weighted by Gasteiger charge is -2.32. The number of thioether (sulfide) groups is 1. The maximum absolute atomic E-state index is 12.3. The van der Waals surface area contributed by atoms with E-state index in [0.717, 1.165) is 31.9 Å². The van der Waals surface area contributed by atoms with Gasteiger partial charge in [0.1, 0.15) is 0 Å². The van der Waals surface area contributed by atoms with Crippen LogP contribution in [0.5, 0.6) is 0 Å². The molecule has 0 unspecified atom stereocenters. The predicted octanol–water partition coefficient (Wildman–Crippen LogP) is 2.27. The second kappa shape index (κ2) is 9.15. The van der Waals surface area contributed by atoms with Crippen molar-refractivity contribution >= 4 is 17.8 Å². The van der Waals surface area contributed by atoms with Crippen molar-refractivity contribution in [2.45, 2.75) is 24.4 Å². The van der Waals surface area contributed by atoms with Crippen LogP contribution in [0.4, 0.5) is 4.79 Å². The van der Waals surface area contributed by atoms with Crippen molar-refractivity contribution in [2.24, 2.45) is 0 Å². The van der Waals surface area contributed by atoms with Gasteiger partial charge in [0.2, 0.25) is 0 Å². The SMILES string of the molecule is CSc1cccc(CN(C)C(=O)NC[C@@H](C)N2CCOCC2)c1. The molecule has 2 amide bonds. The molecule has 1 saturated heterocycles. The Balaban J connectivity index is 1.77. The summed E-state index contributed by atoms with van der Waals surface area (Å²) in [7, 11) is 1.83. The van der Waals surface area contributed by atoms with Gasteiger partial charge in [-0.2, -0.15) is 0 Å². The van der Waals surface area contributed by atoms with E-state index in [1.165, 1.54) is 4.90 Å². The van der Waals surface area contributed by atoms with Crippen LogP contribution in [0, 0.1) is 0 Å². The number of nitrogens with one attached hydrogen (secondary N) is 1. The molecule has 5 nitrogen and oxygen atoms in total. The van der Waals surface area contributed by atoms with E-state index in [9.17, 15) is 4.79 Å². The molecule has 0 radical (unpaired) electrons. The lowest BCUT2D eigenvalue weighted by molar-refractivity contribution is 0.0207. The van der Waals surface area contributed by atoms with E-state index in [1.807, 2.05) is 13.1 Å². The summed E-state index contributed by atoms with van der Waals surface area (Å²) in [4.78, 5) is 17.6. The number of ether oxygens (including phenoxy) is 1. The molecule has 1 N–H and O–H groups in total. The summed E-state index contributed by atoms with van der Waals surface area (Å²) < 4.78 is 5.36. The van der Waals surface area contributed by atoms with Crippen LogP contribution in [0.1, 0.15) is 12.5 Å². The molecule has 1 aliphatic rings. The fourth-order valence-corrected chi connectivity index (χ4v) is 3.12. The van der Waals surface area contributed by atoms with Crippen molar-refractivity contribution in [3.63, 3.8) is 0 Å². The quantitative estimate of drug-likeness (QED) is 0.809. The summed E-state index contributed by atoms with van der Waals surface area (Å²) in [5, 5.41) is 3.03. The molecule has 0 aromatic heterocycles. The van der Waals surface area contributed by atoms with Gasteiger partial charge in [0, 0.05) is 44.2 Å². The Hall–Kier alpha value is -1.24. The minimum absolute atomic E-state index is 0.0281. The van der Waals surface area contributed by atoms with E-state index in [4.69, 9.17) is 4.74 Å². The molecular weight excluding hydrogens is 310 g/mol. The summed E-state index contributed by atoms with van der Waals surface area (Å²) in [6, 6.07) is 8.60. The van der Waals surface area contributed by atoms with E-state index in [-0.39, 0.29) is 6.03 Å². The number of carbonyl (C=O) groups is 1. The van der Waals surface area contributed by atoms with Gasteiger partial charge in [-0.05, 0) is 30.9 Å². The van der Waals surface area contributed by atoms with E-state index in [1.54, 1.807) is 16.7 Å². The second-order valence-electron chi connectivity index (χ2n) is 5.89.